The zero-order chi connectivity index (χ0) is 26.0. The van der Waals surface area contributed by atoms with Crippen LogP contribution in [0.2, 0.25) is 0 Å². The summed E-state index contributed by atoms with van der Waals surface area (Å²) in [5.74, 6) is -0.703. The summed E-state index contributed by atoms with van der Waals surface area (Å²) < 4.78 is 17.6. The molecule has 0 radical (unpaired) electrons. The molecule has 0 aromatic carbocycles. The van der Waals surface area contributed by atoms with Crippen molar-refractivity contribution in [3.05, 3.63) is 29.1 Å². The molecule has 1 aliphatic heterocycles. The molecule has 0 unspecified atom stereocenters. The van der Waals surface area contributed by atoms with Crippen molar-refractivity contribution in [2.45, 2.75) is 123 Å². The van der Waals surface area contributed by atoms with E-state index in [1.165, 1.54) is 31.2 Å². The Labute approximate surface area is 210 Å². The van der Waals surface area contributed by atoms with Crippen molar-refractivity contribution in [2.24, 2.45) is 11.8 Å². The molecular formula is C28H44N2O5. The van der Waals surface area contributed by atoms with Gasteiger partial charge in [-0.2, -0.15) is 0 Å². The molecule has 1 amide bonds. The Hall–Kier alpha value is -2.15. The van der Waals surface area contributed by atoms with E-state index in [1.54, 1.807) is 13.8 Å². The second-order valence-electron chi connectivity index (χ2n) is 12.2. The third kappa shape index (κ3) is 7.18. The lowest BCUT2D eigenvalue weighted by molar-refractivity contribution is -0.170. The highest BCUT2D eigenvalue weighted by molar-refractivity contribution is 5.84. The zero-order valence-corrected chi connectivity index (χ0v) is 22.8. The van der Waals surface area contributed by atoms with Crippen molar-refractivity contribution in [3.63, 3.8) is 0 Å². The minimum Gasteiger partial charge on any atom is -0.444 e. The van der Waals surface area contributed by atoms with E-state index in [9.17, 15) is 9.59 Å². The molecule has 3 rings (SSSR count). The Bertz CT molecular complexity index is 914. The van der Waals surface area contributed by atoms with Gasteiger partial charge < -0.3 is 19.5 Å². The predicted molar refractivity (Wildman–Crippen MR) is 135 cm³/mol. The molecule has 1 saturated carbocycles. The molecule has 0 spiro atoms. The fraction of sp³-hybridized carbons (Fsp3) is 0.750. The molecule has 1 aromatic rings. The van der Waals surface area contributed by atoms with Gasteiger partial charge in [0.15, 0.2) is 5.60 Å². The molecule has 35 heavy (non-hydrogen) atoms. The van der Waals surface area contributed by atoms with Crippen LogP contribution in [0.5, 0.6) is 0 Å². The fourth-order valence-electron chi connectivity index (χ4n) is 5.27. The van der Waals surface area contributed by atoms with Crippen LogP contribution in [0.25, 0.3) is 0 Å². The van der Waals surface area contributed by atoms with Crippen LogP contribution >= 0.6 is 0 Å². The van der Waals surface area contributed by atoms with Gasteiger partial charge in [-0.3, -0.25) is 4.98 Å². The van der Waals surface area contributed by atoms with Crippen molar-refractivity contribution >= 4 is 12.1 Å². The third-order valence-corrected chi connectivity index (χ3v) is 6.77. The smallest absolute Gasteiger partial charge is 0.407 e. The molecule has 1 aliphatic carbocycles. The summed E-state index contributed by atoms with van der Waals surface area (Å²) in [6, 6.07) is 1.46. The Morgan fingerprint density at radius 3 is 2.46 bits per heavy atom. The minimum atomic E-state index is -1.41. The number of ether oxygens (including phenoxy) is 3. The van der Waals surface area contributed by atoms with Crippen LogP contribution in [-0.4, -0.2) is 40.1 Å². The van der Waals surface area contributed by atoms with Crippen LogP contribution in [0, 0.1) is 18.8 Å². The van der Waals surface area contributed by atoms with Crippen molar-refractivity contribution in [3.8, 4) is 0 Å². The highest BCUT2D eigenvalue weighted by atomic mass is 16.8. The summed E-state index contributed by atoms with van der Waals surface area (Å²) in [5, 5.41) is 2.95. The summed E-state index contributed by atoms with van der Waals surface area (Å²) in [5.41, 5.74) is 1.12. The first-order valence-electron chi connectivity index (χ1n) is 13.1. The normalized spacial score (nSPS) is 23.4. The first kappa shape index (κ1) is 27.4. The van der Waals surface area contributed by atoms with Gasteiger partial charge in [0.05, 0.1) is 6.04 Å². The van der Waals surface area contributed by atoms with Gasteiger partial charge in [-0.05, 0) is 69.6 Å². The maximum Gasteiger partial charge on any atom is 0.407 e. The van der Waals surface area contributed by atoms with E-state index in [0.29, 0.717) is 12.3 Å². The molecule has 7 nitrogen and oxygen atoms in total. The highest BCUT2D eigenvalue weighted by Crippen LogP contribution is 2.39. The Morgan fingerprint density at radius 1 is 1.26 bits per heavy atom. The first-order chi connectivity index (χ1) is 16.2. The number of carbonyl (C=O) groups is 2. The number of pyridine rings is 1. The van der Waals surface area contributed by atoms with Gasteiger partial charge in [0.2, 0.25) is 5.79 Å². The van der Waals surface area contributed by atoms with Crippen LogP contribution < -0.4 is 5.32 Å². The summed E-state index contributed by atoms with van der Waals surface area (Å²) in [4.78, 5) is 30.9. The summed E-state index contributed by atoms with van der Waals surface area (Å²) in [6.45, 7) is 15.1. The van der Waals surface area contributed by atoms with Gasteiger partial charge >= 0.3 is 12.1 Å². The van der Waals surface area contributed by atoms with Gasteiger partial charge in [-0.25, -0.2) is 9.59 Å². The largest absolute Gasteiger partial charge is 0.444 e. The van der Waals surface area contributed by atoms with Crippen molar-refractivity contribution in [1.29, 1.82) is 0 Å². The van der Waals surface area contributed by atoms with E-state index in [2.05, 4.69) is 23.3 Å². The number of esters is 1. The van der Waals surface area contributed by atoms with E-state index in [-0.39, 0.29) is 12.3 Å². The summed E-state index contributed by atoms with van der Waals surface area (Å²) >= 11 is 0. The van der Waals surface area contributed by atoms with Gasteiger partial charge in [-0.1, -0.05) is 39.5 Å². The Morgan fingerprint density at radius 2 is 1.91 bits per heavy atom. The molecule has 1 saturated heterocycles. The first-order valence-corrected chi connectivity index (χ1v) is 13.1. The van der Waals surface area contributed by atoms with E-state index in [1.807, 2.05) is 40.8 Å². The van der Waals surface area contributed by atoms with Crippen LogP contribution in [0.15, 0.2) is 12.3 Å². The summed E-state index contributed by atoms with van der Waals surface area (Å²) in [6.07, 6.45) is 8.18. The number of amides is 1. The minimum absolute atomic E-state index is 0.191. The molecule has 1 N–H and O–H groups in total. The molecule has 0 bridgehead atoms. The molecule has 7 heteroatoms. The van der Waals surface area contributed by atoms with E-state index < -0.39 is 35.1 Å². The van der Waals surface area contributed by atoms with Crippen LogP contribution in [0.1, 0.15) is 97.4 Å². The third-order valence-electron chi connectivity index (χ3n) is 6.77. The standard InChI is InChI=1S/C28H44N2O5/c1-18(2)13-23(30-25(32)34-26(4,5)6)28(24(31)33-27(7,8)35-28)16-22-15-21(19(3)17-29-22)14-20-11-9-10-12-20/h15,17-18,20,23H,9-14,16H2,1-8H3,(H,30,32)/t23-,28+/m0/s1. The second-order valence-corrected chi connectivity index (χ2v) is 12.2. The number of hydrogen-bond acceptors (Lipinski definition) is 6. The van der Waals surface area contributed by atoms with Crippen LogP contribution in [0.4, 0.5) is 4.79 Å². The molecule has 1 aromatic heterocycles. The summed E-state index contributed by atoms with van der Waals surface area (Å²) in [7, 11) is 0. The highest BCUT2D eigenvalue weighted by Gasteiger charge is 2.59. The van der Waals surface area contributed by atoms with E-state index >= 15 is 0 Å². The average Bonchev–Trinajstić information content (AvgIpc) is 3.27. The molecule has 2 heterocycles. The molecular weight excluding hydrogens is 444 g/mol. The maximum atomic E-state index is 13.5. The topological polar surface area (TPSA) is 86.8 Å². The van der Waals surface area contributed by atoms with Crippen molar-refractivity contribution < 1.29 is 23.8 Å². The number of nitrogens with one attached hydrogen (secondary N) is 1. The van der Waals surface area contributed by atoms with E-state index in [4.69, 9.17) is 14.2 Å². The molecule has 2 fully saturated rings. The van der Waals surface area contributed by atoms with E-state index in [0.717, 1.165) is 17.7 Å². The lowest BCUT2D eigenvalue weighted by Crippen LogP contribution is -2.59. The number of aromatic nitrogens is 1. The molecule has 2 atom stereocenters. The number of carbonyl (C=O) groups excluding carboxylic acids is 2. The van der Waals surface area contributed by atoms with Crippen molar-refractivity contribution in [1.82, 2.24) is 10.3 Å². The second kappa shape index (κ2) is 10.5. The Kier molecular flexibility index (Phi) is 8.19. The quantitative estimate of drug-likeness (QED) is 0.476. The van der Waals surface area contributed by atoms with Gasteiger partial charge in [0, 0.05) is 32.2 Å². The van der Waals surface area contributed by atoms with Crippen molar-refractivity contribution in [2.75, 3.05) is 0 Å². The molecule has 196 valence electrons. The van der Waals surface area contributed by atoms with Crippen LogP contribution in [-0.2, 0) is 31.8 Å². The number of nitrogens with zero attached hydrogens (tertiary/aromatic N) is 1. The number of hydrogen-bond donors (Lipinski definition) is 1. The SMILES string of the molecule is Cc1cnc(C[C@]2([C@H](CC(C)C)NC(=O)OC(C)(C)C)OC(C)(C)OC2=O)cc1CC1CCCC1. The fourth-order valence-corrected chi connectivity index (χ4v) is 5.27. The van der Waals surface area contributed by atoms with Gasteiger partial charge in [0.1, 0.15) is 5.60 Å². The zero-order valence-electron chi connectivity index (χ0n) is 22.8. The lowest BCUT2D eigenvalue weighted by atomic mass is 9.83. The van der Waals surface area contributed by atoms with Crippen LogP contribution in [0.3, 0.4) is 0 Å². The average molecular weight is 489 g/mol. The Balaban J connectivity index is 1.95. The predicted octanol–water partition coefficient (Wildman–Crippen LogP) is 5.65. The monoisotopic (exact) mass is 488 g/mol. The van der Waals surface area contributed by atoms with Gasteiger partial charge in [0.25, 0.3) is 0 Å². The van der Waals surface area contributed by atoms with Gasteiger partial charge in [-0.15, -0.1) is 0 Å². The number of aryl methyl sites for hydroxylation is 1. The number of rotatable bonds is 8. The maximum absolute atomic E-state index is 13.5. The number of cyclic esters (lactones) is 1. The number of alkyl carbamates (subject to hydrolysis) is 1. The molecule has 2 aliphatic rings. The lowest BCUT2D eigenvalue weighted by Gasteiger charge is -2.36.